The fraction of sp³-hybridized carbons (Fsp3) is 0.348. The van der Waals surface area contributed by atoms with Crippen LogP contribution in [0.5, 0.6) is 0 Å². The minimum absolute atomic E-state index is 0.0572. The van der Waals surface area contributed by atoms with E-state index in [1.807, 2.05) is 18.2 Å². The second-order valence-corrected chi connectivity index (χ2v) is 8.90. The van der Waals surface area contributed by atoms with Crippen molar-refractivity contribution < 1.29 is 0 Å². The van der Waals surface area contributed by atoms with Crippen molar-refractivity contribution in [1.82, 2.24) is 14.5 Å². The average Bonchev–Trinajstić information content (AvgIpc) is 3.32. The average molecular weight is 390 g/mol. The van der Waals surface area contributed by atoms with E-state index < -0.39 is 0 Å². The van der Waals surface area contributed by atoms with Crippen molar-refractivity contribution in [2.45, 2.75) is 52.0 Å². The highest BCUT2D eigenvalue weighted by molar-refractivity contribution is 7.25. The number of aryl methyl sites for hydroxylation is 3. The van der Waals surface area contributed by atoms with E-state index in [1.165, 1.54) is 40.1 Å². The normalized spacial score (nSPS) is 13.7. The number of fused-ring (bicyclic) bond motifs is 5. The van der Waals surface area contributed by atoms with Crippen LogP contribution in [-0.2, 0) is 25.8 Å². The molecule has 0 unspecified atom stereocenters. The summed E-state index contributed by atoms with van der Waals surface area (Å²) in [5.74, 6) is 0.400. The lowest BCUT2D eigenvalue weighted by molar-refractivity contribution is 0.663. The van der Waals surface area contributed by atoms with Crippen LogP contribution in [0.15, 0.2) is 41.5 Å². The maximum atomic E-state index is 13.1. The maximum absolute atomic E-state index is 13.1. The highest BCUT2D eigenvalue weighted by Gasteiger charge is 2.25. The van der Waals surface area contributed by atoms with Gasteiger partial charge < -0.3 is 0 Å². The lowest BCUT2D eigenvalue weighted by Crippen LogP contribution is -2.20. The van der Waals surface area contributed by atoms with E-state index in [-0.39, 0.29) is 5.56 Å². The molecule has 5 heteroatoms. The summed E-state index contributed by atoms with van der Waals surface area (Å²) in [6, 6.07) is 10.3. The highest BCUT2D eigenvalue weighted by atomic mass is 32.1. The molecule has 28 heavy (non-hydrogen) atoms. The van der Waals surface area contributed by atoms with E-state index in [1.54, 1.807) is 10.9 Å². The monoisotopic (exact) mass is 389 g/mol. The summed E-state index contributed by atoms with van der Waals surface area (Å²) in [6.45, 7) is 5.05. The Labute approximate surface area is 167 Å². The van der Waals surface area contributed by atoms with Crippen molar-refractivity contribution >= 4 is 31.8 Å². The zero-order valence-corrected chi connectivity index (χ0v) is 17.1. The molecule has 0 bridgehead atoms. The van der Waals surface area contributed by atoms with Crippen LogP contribution in [0.25, 0.3) is 20.4 Å². The largest absolute Gasteiger partial charge is 0.298 e. The molecule has 0 radical (unpaired) electrons. The molecule has 1 aliphatic carbocycles. The standard InChI is InChI=1S/C23H23N3OS/c1-14(2)19-17-10-6-9-16(17)18-20-21(28-22(18)25-19)23(27)26(13-24-20)12-11-15-7-4-3-5-8-15/h3-5,7-8,13-14H,6,9-12H2,1-2H3. The zero-order chi connectivity index (χ0) is 19.3. The molecule has 0 saturated heterocycles. The van der Waals surface area contributed by atoms with Gasteiger partial charge in [-0.2, -0.15) is 0 Å². The topological polar surface area (TPSA) is 47.8 Å². The van der Waals surface area contributed by atoms with Gasteiger partial charge in [-0.15, -0.1) is 11.3 Å². The Morgan fingerprint density at radius 1 is 1.14 bits per heavy atom. The highest BCUT2D eigenvalue weighted by Crippen LogP contribution is 2.39. The first-order valence-electron chi connectivity index (χ1n) is 10.0. The van der Waals surface area contributed by atoms with Gasteiger partial charge in [-0.05, 0) is 48.3 Å². The third-order valence-electron chi connectivity index (χ3n) is 5.73. The molecule has 0 spiro atoms. The Kier molecular flexibility index (Phi) is 4.27. The first-order valence-corrected chi connectivity index (χ1v) is 10.8. The second-order valence-electron chi connectivity index (χ2n) is 7.90. The van der Waals surface area contributed by atoms with Crippen LogP contribution in [0.4, 0.5) is 0 Å². The summed E-state index contributed by atoms with van der Waals surface area (Å²) in [5, 5.41) is 1.13. The van der Waals surface area contributed by atoms with Gasteiger partial charge in [0.15, 0.2) is 0 Å². The van der Waals surface area contributed by atoms with Crippen molar-refractivity contribution in [2.24, 2.45) is 0 Å². The van der Waals surface area contributed by atoms with E-state index in [9.17, 15) is 4.79 Å². The van der Waals surface area contributed by atoms with E-state index >= 15 is 0 Å². The van der Waals surface area contributed by atoms with E-state index in [0.29, 0.717) is 12.5 Å². The lowest BCUT2D eigenvalue weighted by Gasteiger charge is -2.11. The third-order valence-corrected chi connectivity index (χ3v) is 6.79. The van der Waals surface area contributed by atoms with Crippen molar-refractivity contribution in [3.63, 3.8) is 0 Å². The van der Waals surface area contributed by atoms with Gasteiger partial charge in [0.1, 0.15) is 9.53 Å². The molecule has 0 N–H and O–H groups in total. The first-order chi connectivity index (χ1) is 13.6. The van der Waals surface area contributed by atoms with Crippen molar-refractivity contribution in [3.8, 4) is 0 Å². The molecule has 1 aromatic carbocycles. The van der Waals surface area contributed by atoms with Crippen molar-refractivity contribution in [3.05, 3.63) is 69.4 Å². The minimum atomic E-state index is 0.0572. The van der Waals surface area contributed by atoms with Gasteiger partial charge >= 0.3 is 0 Å². The first kappa shape index (κ1) is 17.6. The molecule has 0 saturated carbocycles. The van der Waals surface area contributed by atoms with Crippen LogP contribution in [0, 0.1) is 0 Å². The molecule has 3 aromatic heterocycles. The number of benzene rings is 1. The molecular formula is C23H23N3OS. The van der Waals surface area contributed by atoms with Crippen LogP contribution in [0.3, 0.4) is 0 Å². The minimum Gasteiger partial charge on any atom is -0.298 e. The Morgan fingerprint density at radius 3 is 2.71 bits per heavy atom. The van der Waals surface area contributed by atoms with Crippen LogP contribution in [-0.4, -0.2) is 14.5 Å². The molecule has 0 fully saturated rings. The summed E-state index contributed by atoms with van der Waals surface area (Å²) in [4.78, 5) is 23.8. The summed E-state index contributed by atoms with van der Waals surface area (Å²) < 4.78 is 2.49. The maximum Gasteiger partial charge on any atom is 0.271 e. The number of rotatable bonds is 4. The van der Waals surface area contributed by atoms with Crippen molar-refractivity contribution in [1.29, 1.82) is 0 Å². The number of nitrogens with zero attached hydrogens (tertiary/aromatic N) is 3. The lowest BCUT2D eigenvalue weighted by atomic mass is 9.99. The summed E-state index contributed by atoms with van der Waals surface area (Å²) in [7, 11) is 0. The predicted octanol–water partition coefficient (Wildman–Crippen LogP) is 4.86. The number of hydrogen-bond acceptors (Lipinski definition) is 4. The van der Waals surface area contributed by atoms with Crippen LogP contribution >= 0.6 is 11.3 Å². The van der Waals surface area contributed by atoms with Gasteiger partial charge in [0.25, 0.3) is 5.56 Å². The van der Waals surface area contributed by atoms with Gasteiger partial charge in [-0.25, -0.2) is 9.97 Å². The fourth-order valence-corrected chi connectivity index (χ4v) is 5.47. The Hall–Kier alpha value is -2.53. The fourth-order valence-electron chi connectivity index (χ4n) is 4.35. The van der Waals surface area contributed by atoms with Crippen LogP contribution < -0.4 is 5.56 Å². The van der Waals surface area contributed by atoms with Gasteiger partial charge in [-0.3, -0.25) is 9.36 Å². The molecule has 4 nitrogen and oxygen atoms in total. The molecule has 0 atom stereocenters. The summed E-state index contributed by atoms with van der Waals surface area (Å²) >= 11 is 1.51. The molecular weight excluding hydrogens is 366 g/mol. The molecule has 142 valence electrons. The zero-order valence-electron chi connectivity index (χ0n) is 16.2. The molecule has 0 amide bonds. The third kappa shape index (κ3) is 2.76. The second kappa shape index (κ2) is 6.82. The number of thiophene rings is 1. The quantitative estimate of drug-likeness (QED) is 0.501. The smallest absolute Gasteiger partial charge is 0.271 e. The van der Waals surface area contributed by atoms with Crippen LogP contribution in [0.2, 0.25) is 0 Å². The molecule has 5 rings (SSSR count). The summed E-state index contributed by atoms with van der Waals surface area (Å²) in [5.41, 5.74) is 6.12. The number of pyridine rings is 1. The molecule has 0 aliphatic heterocycles. The van der Waals surface area contributed by atoms with Gasteiger partial charge in [0.2, 0.25) is 0 Å². The Bertz CT molecular complexity index is 1240. The van der Waals surface area contributed by atoms with Gasteiger partial charge in [0.05, 0.1) is 11.8 Å². The summed E-state index contributed by atoms with van der Waals surface area (Å²) in [6.07, 6.45) is 5.87. The molecule has 1 aliphatic rings. The molecule has 3 heterocycles. The van der Waals surface area contributed by atoms with Gasteiger partial charge in [0, 0.05) is 17.6 Å². The van der Waals surface area contributed by atoms with E-state index in [0.717, 1.165) is 39.7 Å². The Balaban J connectivity index is 1.63. The number of hydrogen-bond donors (Lipinski definition) is 0. The van der Waals surface area contributed by atoms with Crippen molar-refractivity contribution in [2.75, 3.05) is 0 Å². The SMILES string of the molecule is CC(C)c1nc2sc3c(=O)n(CCc4ccccc4)cnc3c2c2c1CCC2. The van der Waals surface area contributed by atoms with E-state index in [4.69, 9.17) is 9.97 Å². The number of aromatic nitrogens is 3. The van der Waals surface area contributed by atoms with Crippen LogP contribution in [0.1, 0.15) is 48.6 Å². The Morgan fingerprint density at radius 2 is 1.93 bits per heavy atom. The van der Waals surface area contributed by atoms with Gasteiger partial charge in [-0.1, -0.05) is 44.2 Å². The predicted molar refractivity (Wildman–Crippen MR) is 115 cm³/mol. The van der Waals surface area contributed by atoms with E-state index in [2.05, 4.69) is 26.0 Å². The molecule has 4 aromatic rings.